The van der Waals surface area contributed by atoms with Gasteiger partial charge < -0.3 is 4.98 Å². The fourth-order valence-electron chi connectivity index (χ4n) is 1.58. The van der Waals surface area contributed by atoms with Crippen LogP contribution in [0.25, 0.3) is 6.08 Å². The summed E-state index contributed by atoms with van der Waals surface area (Å²) in [6.07, 6.45) is 4.27. The molecular formula is C14H12N4O4. The van der Waals surface area contributed by atoms with Crippen molar-refractivity contribution >= 4 is 23.6 Å². The van der Waals surface area contributed by atoms with Crippen LogP contribution in [0, 0.1) is 10.1 Å². The molecule has 22 heavy (non-hydrogen) atoms. The lowest BCUT2D eigenvalue weighted by atomic mass is 10.2. The number of nitrogens with zero attached hydrogens (tertiary/aromatic N) is 1. The first-order valence-corrected chi connectivity index (χ1v) is 6.22. The maximum atomic E-state index is 11.5. The van der Waals surface area contributed by atoms with Crippen molar-refractivity contribution in [2.75, 3.05) is 0 Å². The van der Waals surface area contributed by atoms with E-state index in [1.165, 1.54) is 36.4 Å². The van der Waals surface area contributed by atoms with Crippen molar-refractivity contribution in [3.8, 4) is 0 Å². The third kappa shape index (κ3) is 4.04. The Morgan fingerprint density at radius 3 is 2.45 bits per heavy atom. The van der Waals surface area contributed by atoms with Crippen LogP contribution in [-0.2, 0) is 4.79 Å². The zero-order valence-electron chi connectivity index (χ0n) is 11.3. The quantitative estimate of drug-likeness (QED) is 0.449. The van der Waals surface area contributed by atoms with Crippen LogP contribution in [0.3, 0.4) is 0 Å². The maximum absolute atomic E-state index is 11.5. The monoisotopic (exact) mass is 300 g/mol. The fraction of sp³-hybridized carbons (Fsp3) is 0. The molecule has 8 heteroatoms. The Morgan fingerprint density at radius 2 is 1.86 bits per heavy atom. The van der Waals surface area contributed by atoms with Crippen LogP contribution in [-0.4, -0.2) is 21.7 Å². The smallest absolute Gasteiger partial charge is 0.286 e. The highest BCUT2D eigenvalue weighted by Gasteiger charge is 2.06. The van der Waals surface area contributed by atoms with Crippen LogP contribution in [0.1, 0.15) is 16.1 Å². The molecular weight excluding hydrogens is 288 g/mol. The van der Waals surface area contributed by atoms with Crippen molar-refractivity contribution in [3.05, 3.63) is 70.0 Å². The second-order valence-electron chi connectivity index (χ2n) is 4.21. The topological polar surface area (TPSA) is 117 Å². The van der Waals surface area contributed by atoms with E-state index in [1.54, 1.807) is 18.3 Å². The normalized spacial score (nSPS) is 10.4. The van der Waals surface area contributed by atoms with Crippen LogP contribution in [0.5, 0.6) is 0 Å². The second-order valence-corrected chi connectivity index (χ2v) is 4.21. The summed E-state index contributed by atoms with van der Waals surface area (Å²) in [4.78, 5) is 35.8. The maximum Gasteiger partial charge on any atom is 0.286 e. The van der Waals surface area contributed by atoms with E-state index < -0.39 is 16.7 Å². The molecule has 0 saturated carbocycles. The van der Waals surface area contributed by atoms with Crippen LogP contribution in [0.15, 0.2) is 48.7 Å². The van der Waals surface area contributed by atoms with Gasteiger partial charge in [-0.05, 0) is 35.9 Å². The Kier molecular flexibility index (Phi) is 4.66. The molecule has 0 atom stereocenters. The number of benzene rings is 1. The molecule has 112 valence electrons. The van der Waals surface area contributed by atoms with Crippen molar-refractivity contribution in [2.45, 2.75) is 0 Å². The van der Waals surface area contributed by atoms with Gasteiger partial charge in [-0.3, -0.25) is 30.6 Å². The summed E-state index contributed by atoms with van der Waals surface area (Å²) < 4.78 is 0. The van der Waals surface area contributed by atoms with Gasteiger partial charge in [0.2, 0.25) is 0 Å². The van der Waals surface area contributed by atoms with E-state index in [4.69, 9.17) is 0 Å². The van der Waals surface area contributed by atoms with Gasteiger partial charge in [-0.15, -0.1) is 0 Å². The number of nitro groups is 1. The van der Waals surface area contributed by atoms with E-state index in [0.717, 1.165) is 0 Å². The van der Waals surface area contributed by atoms with Gasteiger partial charge in [0.1, 0.15) is 5.69 Å². The zero-order valence-corrected chi connectivity index (χ0v) is 11.3. The minimum atomic E-state index is -0.529. The molecule has 3 N–H and O–H groups in total. The lowest BCUT2D eigenvalue weighted by molar-refractivity contribution is -0.384. The Morgan fingerprint density at radius 1 is 1.14 bits per heavy atom. The Bertz CT molecular complexity index is 705. The number of hydrogen-bond donors (Lipinski definition) is 3. The molecule has 0 aliphatic carbocycles. The summed E-state index contributed by atoms with van der Waals surface area (Å²) in [6.45, 7) is 0. The van der Waals surface area contributed by atoms with E-state index in [9.17, 15) is 19.7 Å². The molecule has 8 nitrogen and oxygen atoms in total. The molecule has 0 saturated heterocycles. The summed E-state index contributed by atoms with van der Waals surface area (Å²) >= 11 is 0. The summed E-state index contributed by atoms with van der Waals surface area (Å²) in [6, 6.07) is 8.92. The number of rotatable bonds is 4. The SMILES string of the molecule is O=C(/C=C/c1ccc([N+](=O)[O-])cc1)NNC(=O)c1ccc[nH]1. The standard InChI is InChI=1S/C14H12N4O4/c19-13(16-17-14(20)12-2-1-9-15-12)8-5-10-3-6-11(7-4-10)18(21)22/h1-9,15H,(H,16,19)(H,17,20)/b8-5+. The number of H-pyrrole nitrogens is 1. The summed E-state index contributed by atoms with van der Waals surface area (Å²) in [5, 5.41) is 10.5. The van der Waals surface area contributed by atoms with E-state index in [1.807, 2.05) is 0 Å². The van der Waals surface area contributed by atoms with Gasteiger partial charge >= 0.3 is 0 Å². The largest absolute Gasteiger partial charge is 0.357 e. The molecule has 1 aromatic carbocycles. The van der Waals surface area contributed by atoms with Gasteiger partial charge in [-0.1, -0.05) is 0 Å². The molecule has 2 aromatic rings. The molecule has 0 bridgehead atoms. The van der Waals surface area contributed by atoms with Crippen LogP contribution < -0.4 is 10.9 Å². The Labute approximate surface area is 125 Å². The number of hydrogen-bond acceptors (Lipinski definition) is 4. The van der Waals surface area contributed by atoms with Crippen LogP contribution in [0.4, 0.5) is 5.69 Å². The predicted octanol–water partition coefficient (Wildman–Crippen LogP) is 1.40. The van der Waals surface area contributed by atoms with Crippen molar-refractivity contribution in [2.24, 2.45) is 0 Å². The Balaban J connectivity index is 1.86. The average molecular weight is 300 g/mol. The van der Waals surface area contributed by atoms with Gasteiger partial charge in [0.25, 0.3) is 17.5 Å². The average Bonchev–Trinajstić information content (AvgIpc) is 3.05. The van der Waals surface area contributed by atoms with Gasteiger partial charge in [-0.2, -0.15) is 0 Å². The van der Waals surface area contributed by atoms with E-state index in [-0.39, 0.29) is 5.69 Å². The molecule has 0 spiro atoms. The number of nitrogens with one attached hydrogen (secondary N) is 3. The summed E-state index contributed by atoms with van der Waals surface area (Å²) in [5.41, 5.74) is 5.36. The highest BCUT2D eigenvalue weighted by molar-refractivity contribution is 5.96. The molecule has 2 amide bonds. The summed E-state index contributed by atoms with van der Waals surface area (Å²) in [5.74, 6) is -1.000. The lowest BCUT2D eigenvalue weighted by Crippen LogP contribution is -2.40. The molecule has 0 aliphatic rings. The predicted molar refractivity (Wildman–Crippen MR) is 78.5 cm³/mol. The first-order valence-electron chi connectivity index (χ1n) is 6.22. The van der Waals surface area contributed by atoms with Gasteiger partial charge in [0.05, 0.1) is 4.92 Å². The van der Waals surface area contributed by atoms with E-state index in [2.05, 4.69) is 15.8 Å². The third-order valence-electron chi connectivity index (χ3n) is 2.67. The van der Waals surface area contributed by atoms with Crippen molar-refractivity contribution < 1.29 is 14.5 Å². The number of hydrazine groups is 1. The minimum Gasteiger partial charge on any atom is -0.357 e. The van der Waals surface area contributed by atoms with Gasteiger partial charge in [0, 0.05) is 24.4 Å². The number of aromatic amines is 1. The molecule has 0 radical (unpaired) electrons. The van der Waals surface area contributed by atoms with Gasteiger partial charge in [0.15, 0.2) is 0 Å². The number of aromatic nitrogens is 1. The van der Waals surface area contributed by atoms with Crippen molar-refractivity contribution in [3.63, 3.8) is 0 Å². The number of amides is 2. The van der Waals surface area contributed by atoms with E-state index >= 15 is 0 Å². The molecule has 2 rings (SSSR count). The van der Waals surface area contributed by atoms with Crippen molar-refractivity contribution in [1.29, 1.82) is 0 Å². The molecule has 0 aliphatic heterocycles. The number of non-ortho nitro benzene ring substituents is 1. The van der Waals surface area contributed by atoms with Crippen LogP contribution in [0.2, 0.25) is 0 Å². The molecule has 0 fully saturated rings. The first-order chi connectivity index (χ1) is 10.6. The Hall–Kier alpha value is -3.42. The fourth-order valence-corrected chi connectivity index (χ4v) is 1.58. The summed E-state index contributed by atoms with van der Waals surface area (Å²) in [7, 11) is 0. The highest BCUT2D eigenvalue weighted by Crippen LogP contribution is 2.12. The third-order valence-corrected chi connectivity index (χ3v) is 2.67. The molecule has 1 heterocycles. The van der Waals surface area contributed by atoms with Crippen LogP contribution >= 0.6 is 0 Å². The molecule has 0 unspecified atom stereocenters. The van der Waals surface area contributed by atoms with Crippen molar-refractivity contribution in [1.82, 2.24) is 15.8 Å². The molecule has 1 aromatic heterocycles. The number of carbonyl (C=O) groups is 2. The van der Waals surface area contributed by atoms with E-state index in [0.29, 0.717) is 11.3 Å². The number of nitro benzene ring substituents is 1. The lowest BCUT2D eigenvalue weighted by Gasteiger charge is -2.03. The highest BCUT2D eigenvalue weighted by atomic mass is 16.6. The van der Waals surface area contributed by atoms with Gasteiger partial charge in [-0.25, -0.2) is 0 Å². The zero-order chi connectivity index (χ0) is 15.9. The minimum absolute atomic E-state index is 0.0280. The first kappa shape index (κ1) is 15.0. The number of carbonyl (C=O) groups excluding carboxylic acids is 2. The second kappa shape index (κ2) is 6.84.